The van der Waals surface area contributed by atoms with E-state index >= 15 is 0 Å². The molecular weight excluding hydrogens is 220 g/mol. The molecule has 0 heterocycles. The first-order valence-electron chi connectivity index (χ1n) is 6.52. The Labute approximate surface area is 101 Å². The van der Waals surface area contributed by atoms with E-state index in [9.17, 15) is 19.8 Å². The smallest absolute Gasteiger partial charge is 0.310 e. The largest absolute Gasteiger partial charge is 0.481 e. The highest BCUT2D eigenvalue weighted by Crippen LogP contribution is 2.48. The van der Waals surface area contributed by atoms with Crippen molar-refractivity contribution in [3.8, 4) is 0 Å². The summed E-state index contributed by atoms with van der Waals surface area (Å²) in [5.74, 6) is -1.90. The Hall–Kier alpha value is -1.06. The summed E-state index contributed by atoms with van der Waals surface area (Å²) in [5, 5.41) is 18.8. The van der Waals surface area contributed by atoms with Crippen molar-refractivity contribution in [1.29, 1.82) is 0 Å². The van der Waals surface area contributed by atoms with Gasteiger partial charge in [-0.25, -0.2) is 0 Å². The van der Waals surface area contributed by atoms with Crippen LogP contribution in [0.3, 0.4) is 0 Å². The molecule has 2 saturated carbocycles. The average Bonchev–Trinajstić information content (AvgIpc) is 2.38. The molecule has 3 unspecified atom stereocenters. The Balaban J connectivity index is 2.35. The molecule has 2 N–H and O–H groups in total. The van der Waals surface area contributed by atoms with Crippen LogP contribution < -0.4 is 0 Å². The minimum Gasteiger partial charge on any atom is -0.481 e. The van der Waals surface area contributed by atoms with Crippen molar-refractivity contribution in [3.63, 3.8) is 0 Å². The summed E-state index contributed by atoms with van der Waals surface area (Å²) in [6.07, 6.45) is 6.35. The maximum Gasteiger partial charge on any atom is 0.310 e. The summed E-state index contributed by atoms with van der Waals surface area (Å²) in [6, 6.07) is 0. The maximum absolute atomic E-state index is 11.6. The van der Waals surface area contributed by atoms with E-state index in [-0.39, 0.29) is 0 Å². The van der Waals surface area contributed by atoms with Gasteiger partial charge >= 0.3 is 11.9 Å². The monoisotopic (exact) mass is 240 g/mol. The number of carboxylic acids is 2. The molecule has 3 atom stereocenters. The van der Waals surface area contributed by atoms with Crippen LogP contribution in [0.1, 0.15) is 51.4 Å². The third kappa shape index (κ3) is 2.17. The highest BCUT2D eigenvalue weighted by Gasteiger charge is 2.50. The van der Waals surface area contributed by atoms with Crippen molar-refractivity contribution in [3.05, 3.63) is 0 Å². The van der Waals surface area contributed by atoms with Crippen LogP contribution in [0.5, 0.6) is 0 Å². The zero-order valence-corrected chi connectivity index (χ0v) is 10.0. The molecule has 2 rings (SSSR count). The Kier molecular flexibility index (Phi) is 3.40. The van der Waals surface area contributed by atoms with E-state index in [2.05, 4.69) is 0 Å². The highest BCUT2D eigenvalue weighted by molar-refractivity contribution is 5.83. The first-order valence-corrected chi connectivity index (χ1v) is 6.52. The minimum atomic E-state index is -0.999. The minimum absolute atomic E-state index is 0.526. The zero-order valence-electron chi connectivity index (χ0n) is 10.0. The molecule has 0 aliphatic heterocycles. The molecule has 4 nitrogen and oxygen atoms in total. The van der Waals surface area contributed by atoms with Gasteiger partial charge < -0.3 is 10.2 Å². The van der Waals surface area contributed by atoms with E-state index < -0.39 is 23.3 Å². The summed E-state index contributed by atoms with van der Waals surface area (Å²) in [7, 11) is 0. The molecule has 0 amide bonds. The van der Waals surface area contributed by atoms with Crippen LogP contribution >= 0.6 is 0 Å². The molecule has 17 heavy (non-hydrogen) atoms. The van der Waals surface area contributed by atoms with Gasteiger partial charge in [-0.05, 0) is 31.6 Å². The molecule has 0 aromatic heterocycles. The number of fused-ring (bicyclic) bond motifs is 3. The maximum atomic E-state index is 11.6. The molecule has 0 saturated heterocycles. The van der Waals surface area contributed by atoms with Crippen LogP contribution in [0.25, 0.3) is 0 Å². The van der Waals surface area contributed by atoms with Gasteiger partial charge in [0.25, 0.3) is 0 Å². The first kappa shape index (κ1) is 12.4. The molecule has 2 aliphatic carbocycles. The number of aliphatic carboxylic acids is 2. The van der Waals surface area contributed by atoms with Crippen molar-refractivity contribution < 1.29 is 19.8 Å². The van der Waals surface area contributed by atoms with E-state index in [0.29, 0.717) is 25.2 Å². The van der Waals surface area contributed by atoms with Crippen molar-refractivity contribution in [2.45, 2.75) is 51.4 Å². The summed E-state index contributed by atoms with van der Waals surface area (Å²) in [4.78, 5) is 23.0. The Morgan fingerprint density at radius 2 is 1.65 bits per heavy atom. The summed E-state index contributed by atoms with van der Waals surface area (Å²) < 4.78 is 0. The second kappa shape index (κ2) is 4.67. The quantitative estimate of drug-likeness (QED) is 0.777. The number of carboxylic acid groups (broad SMARTS) is 2. The van der Waals surface area contributed by atoms with Gasteiger partial charge in [-0.1, -0.05) is 25.7 Å². The molecule has 0 aromatic carbocycles. The fourth-order valence-corrected chi connectivity index (χ4v) is 3.68. The van der Waals surface area contributed by atoms with Gasteiger partial charge in [0.15, 0.2) is 0 Å². The Morgan fingerprint density at radius 3 is 2.29 bits per heavy atom. The molecule has 4 heteroatoms. The fourth-order valence-electron chi connectivity index (χ4n) is 3.68. The van der Waals surface area contributed by atoms with E-state index in [1.165, 1.54) is 0 Å². The highest BCUT2D eigenvalue weighted by atomic mass is 16.4. The second-order valence-electron chi connectivity index (χ2n) is 5.58. The van der Waals surface area contributed by atoms with Crippen molar-refractivity contribution in [2.75, 3.05) is 0 Å². The Morgan fingerprint density at radius 1 is 0.941 bits per heavy atom. The lowest BCUT2D eigenvalue weighted by atomic mass is 9.67. The predicted octanol–water partition coefficient (Wildman–Crippen LogP) is 2.52. The van der Waals surface area contributed by atoms with E-state index in [1.54, 1.807) is 0 Å². The topological polar surface area (TPSA) is 74.6 Å². The normalized spacial score (nSPS) is 37.9. The second-order valence-corrected chi connectivity index (χ2v) is 5.58. The SMILES string of the molecule is O=C(O)C1CCCC2CCCC1(C(=O)O)CC2. The molecule has 2 fully saturated rings. The average molecular weight is 240 g/mol. The summed E-state index contributed by atoms with van der Waals surface area (Å²) in [6.45, 7) is 0. The van der Waals surface area contributed by atoms with Crippen LogP contribution in [0.4, 0.5) is 0 Å². The van der Waals surface area contributed by atoms with Crippen LogP contribution in [0.2, 0.25) is 0 Å². The third-order valence-corrected chi connectivity index (χ3v) is 4.73. The molecule has 0 spiro atoms. The van der Waals surface area contributed by atoms with Crippen LogP contribution in [-0.2, 0) is 9.59 Å². The lowest BCUT2D eigenvalue weighted by molar-refractivity contribution is -0.165. The van der Waals surface area contributed by atoms with Gasteiger partial charge in [0.1, 0.15) is 0 Å². The van der Waals surface area contributed by atoms with Gasteiger partial charge in [-0.3, -0.25) is 9.59 Å². The van der Waals surface area contributed by atoms with Gasteiger partial charge in [0.05, 0.1) is 11.3 Å². The van der Waals surface area contributed by atoms with Crippen molar-refractivity contribution in [2.24, 2.45) is 17.3 Å². The van der Waals surface area contributed by atoms with Gasteiger partial charge in [0.2, 0.25) is 0 Å². The predicted molar refractivity (Wildman–Crippen MR) is 61.6 cm³/mol. The molecule has 0 radical (unpaired) electrons. The van der Waals surface area contributed by atoms with E-state index in [0.717, 1.165) is 32.1 Å². The van der Waals surface area contributed by atoms with Gasteiger partial charge in [-0.15, -0.1) is 0 Å². The molecule has 96 valence electrons. The first-order chi connectivity index (χ1) is 8.06. The lowest BCUT2D eigenvalue weighted by Crippen LogP contribution is -2.43. The van der Waals surface area contributed by atoms with Crippen LogP contribution in [0.15, 0.2) is 0 Å². The van der Waals surface area contributed by atoms with E-state index in [4.69, 9.17) is 0 Å². The fraction of sp³-hybridized carbons (Fsp3) is 0.846. The molecular formula is C13H20O4. The third-order valence-electron chi connectivity index (χ3n) is 4.73. The standard InChI is InChI=1S/C13H20O4/c14-11(15)10-5-1-3-9-4-2-7-13(10,8-6-9)12(16)17/h9-10H,1-8H2,(H,14,15)(H,16,17). The number of hydrogen-bond acceptors (Lipinski definition) is 2. The Bertz CT molecular complexity index is 323. The van der Waals surface area contributed by atoms with E-state index in [1.807, 2.05) is 0 Å². The molecule has 2 aliphatic rings. The zero-order chi connectivity index (χ0) is 12.5. The molecule has 0 aromatic rings. The number of hydrogen-bond donors (Lipinski definition) is 2. The lowest BCUT2D eigenvalue weighted by Gasteiger charge is -2.35. The van der Waals surface area contributed by atoms with Crippen LogP contribution in [0, 0.1) is 17.3 Å². The number of rotatable bonds is 2. The summed E-state index contributed by atoms with van der Waals surface area (Å²) >= 11 is 0. The summed E-state index contributed by atoms with van der Waals surface area (Å²) in [5.41, 5.74) is -0.999. The number of carbonyl (C=O) groups is 2. The van der Waals surface area contributed by atoms with Gasteiger partial charge in [0, 0.05) is 0 Å². The molecule has 2 bridgehead atoms. The van der Waals surface area contributed by atoms with Crippen molar-refractivity contribution in [1.82, 2.24) is 0 Å². The van der Waals surface area contributed by atoms with Gasteiger partial charge in [-0.2, -0.15) is 0 Å². The van der Waals surface area contributed by atoms with Crippen molar-refractivity contribution >= 4 is 11.9 Å². The van der Waals surface area contributed by atoms with Crippen LogP contribution in [-0.4, -0.2) is 22.2 Å².